The average molecular weight is 363 g/mol. The minimum Gasteiger partial charge on any atom is -0.351 e. The number of thiophene rings is 1. The quantitative estimate of drug-likeness (QED) is 0.764. The highest BCUT2D eigenvalue weighted by Gasteiger charge is 2.24. The summed E-state index contributed by atoms with van der Waals surface area (Å²) in [4.78, 5) is 26.4. The van der Waals surface area contributed by atoms with E-state index in [0.29, 0.717) is 10.9 Å². The predicted octanol–water partition coefficient (Wildman–Crippen LogP) is 1.32. The first-order valence-corrected chi connectivity index (χ1v) is 9.44. The van der Waals surface area contributed by atoms with Gasteiger partial charge in [0.1, 0.15) is 10.9 Å². The molecule has 0 aromatic carbocycles. The zero-order valence-electron chi connectivity index (χ0n) is 15.0. The van der Waals surface area contributed by atoms with Gasteiger partial charge in [-0.25, -0.2) is 0 Å². The number of fused-ring (bicyclic) bond motifs is 1. The van der Waals surface area contributed by atoms with Crippen molar-refractivity contribution in [3.63, 3.8) is 0 Å². The molecule has 25 heavy (non-hydrogen) atoms. The number of piperidine rings is 1. The van der Waals surface area contributed by atoms with E-state index in [0.717, 1.165) is 35.3 Å². The summed E-state index contributed by atoms with van der Waals surface area (Å²) < 4.78 is 1.78. The molecule has 3 N–H and O–H groups in total. The lowest BCUT2D eigenvalue weighted by molar-refractivity contribution is -0.123. The summed E-state index contributed by atoms with van der Waals surface area (Å²) in [6.07, 6.45) is 1.83. The third-order valence-corrected chi connectivity index (χ3v) is 5.83. The highest BCUT2D eigenvalue weighted by atomic mass is 32.1. The molecule has 136 valence electrons. The van der Waals surface area contributed by atoms with E-state index in [4.69, 9.17) is 0 Å². The van der Waals surface area contributed by atoms with Gasteiger partial charge in [-0.3, -0.25) is 14.3 Å². The molecular weight excluding hydrogens is 338 g/mol. The topological polar surface area (TPSA) is 88.0 Å². The first kappa shape index (κ1) is 17.9. The van der Waals surface area contributed by atoms with Gasteiger partial charge in [0.15, 0.2) is 0 Å². The zero-order valence-corrected chi connectivity index (χ0v) is 15.9. The van der Waals surface area contributed by atoms with Crippen molar-refractivity contribution < 1.29 is 9.59 Å². The number of aromatic nitrogens is 2. The number of rotatable bonds is 4. The second-order valence-corrected chi connectivity index (χ2v) is 7.85. The fraction of sp³-hybridized carbons (Fsp3) is 0.588. The highest BCUT2D eigenvalue weighted by molar-refractivity contribution is 7.20. The number of aryl methyl sites for hydroxylation is 2. The number of amides is 2. The molecule has 1 aliphatic heterocycles. The molecule has 3 heterocycles. The summed E-state index contributed by atoms with van der Waals surface area (Å²) in [5, 5.41) is 14.5. The zero-order chi connectivity index (χ0) is 18.1. The van der Waals surface area contributed by atoms with Crippen LogP contribution in [-0.4, -0.2) is 46.3 Å². The van der Waals surface area contributed by atoms with Crippen LogP contribution in [0.2, 0.25) is 0 Å². The fourth-order valence-corrected chi connectivity index (χ4v) is 4.27. The van der Waals surface area contributed by atoms with Gasteiger partial charge in [0.05, 0.1) is 10.6 Å². The number of hydrogen-bond acceptors (Lipinski definition) is 5. The number of nitrogens with one attached hydrogen (secondary N) is 3. The summed E-state index contributed by atoms with van der Waals surface area (Å²) >= 11 is 1.39. The van der Waals surface area contributed by atoms with Crippen LogP contribution in [0, 0.1) is 6.92 Å². The van der Waals surface area contributed by atoms with Crippen LogP contribution in [0.5, 0.6) is 0 Å². The lowest BCUT2D eigenvalue weighted by atomic mass is 10.0. The fourth-order valence-electron chi connectivity index (χ4n) is 3.24. The SMILES string of the molecule is Cc1nn(C)c2sc(C(=O)NC(C)C(=O)NC3CCNC(C)C3)cc12. The lowest BCUT2D eigenvalue weighted by Crippen LogP contribution is -2.52. The van der Waals surface area contributed by atoms with Crippen molar-refractivity contribution in [2.24, 2.45) is 7.05 Å². The summed E-state index contributed by atoms with van der Waals surface area (Å²) in [5.74, 6) is -0.353. The minimum atomic E-state index is -0.567. The van der Waals surface area contributed by atoms with Crippen molar-refractivity contribution in [3.8, 4) is 0 Å². The molecule has 0 spiro atoms. The third kappa shape index (κ3) is 3.85. The first-order valence-electron chi connectivity index (χ1n) is 8.63. The Morgan fingerprint density at radius 3 is 2.92 bits per heavy atom. The van der Waals surface area contributed by atoms with E-state index >= 15 is 0 Å². The number of hydrogen-bond donors (Lipinski definition) is 3. The average Bonchev–Trinajstić information content (AvgIpc) is 3.09. The van der Waals surface area contributed by atoms with Crippen LogP contribution in [0.4, 0.5) is 0 Å². The van der Waals surface area contributed by atoms with E-state index in [1.54, 1.807) is 11.6 Å². The van der Waals surface area contributed by atoms with Gasteiger partial charge in [-0.2, -0.15) is 5.10 Å². The number of carbonyl (C=O) groups excluding carboxylic acids is 2. The van der Waals surface area contributed by atoms with Crippen LogP contribution in [0.1, 0.15) is 42.1 Å². The van der Waals surface area contributed by atoms with Gasteiger partial charge in [0, 0.05) is 24.5 Å². The maximum Gasteiger partial charge on any atom is 0.262 e. The Bertz CT molecular complexity index is 762. The van der Waals surface area contributed by atoms with Crippen LogP contribution < -0.4 is 16.0 Å². The van der Waals surface area contributed by atoms with E-state index in [9.17, 15) is 9.59 Å². The molecule has 0 saturated carbocycles. The van der Waals surface area contributed by atoms with Crippen molar-refractivity contribution >= 4 is 33.4 Å². The Balaban J connectivity index is 1.60. The second-order valence-electron chi connectivity index (χ2n) is 6.82. The highest BCUT2D eigenvalue weighted by Crippen LogP contribution is 2.27. The molecule has 2 amide bonds. The molecule has 2 aromatic heterocycles. The molecule has 1 fully saturated rings. The molecule has 1 aliphatic rings. The van der Waals surface area contributed by atoms with Gasteiger partial charge in [-0.05, 0) is 46.2 Å². The van der Waals surface area contributed by atoms with E-state index in [-0.39, 0.29) is 17.9 Å². The molecular formula is C17H25N5O2S. The second kappa shape index (κ2) is 7.13. The molecule has 7 nitrogen and oxygen atoms in total. The number of nitrogens with zero attached hydrogens (tertiary/aromatic N) is 2. The Morgan fingerprint density at radius 1 is 1.48 bits per heavy atom. The van der Waals surface area contributed by atoms with Gasteiger partial charge in [-0.1, -0.05) is 0 Å². The predicted molar refractivity (Wildman–Crippen MR) is 98.9 cm³/mol. The minimum absolute atomic E-state index is 0.133. The molecule has 0 bridgehead atoms. The molecule has 0 radical (unpaired) electrons. The van der Waals surface area contributed by atoms with Gasteiger partial charge >= 0.3 is 0 Å². The van der Waals surface area contributed by atoms with E-state index in [1.165, 1.54) is 11.3 Å². The van der Waals surface area contributed by atoms with Crippen LogP contribution >= 0.6 is 11.3 Å². The Kier molecular flexibility index (Phi) is 5.10. The first-order chi connectivity index (χ1) is 11.8. The third-order valence-electron chi connectivity index (χ3n) is 4.63. The molecule has 3 rings (SSSR count). The van der Waals surface area contributed by atoms with Gasteiger partial charge in [0.25, 0.3) is 5.91 Å². The maximum absolute atomic E-state index is 12.5. The molecule has 0 aliphatic carbocycles. The Labute approximate surface area is 151 Å². The van der Waals surface area contributed by atoms with Crippen molar-refractivity contribution in [1.82, 2.24) is 25.7 Å². The smallest absolute Gasteiger partial charge is 0.262 e. The van der Waals surface area contributed by atoms with Crippen molar-refractivity contribution in [3.05, 3.63) is 16.6 Å². The van der Waals surface area contributed by atoms with Crippen LogP contribution in [0.15, 0.2) is 6.07 Å². The van der Waals surface area contributed by atoms with Crippen molar-refractivity contribution in [2.75, 3.05) is 6.54 Å². The molecule has 1 saturated heterocycles. The summed E-state index contributed by atoms with van der Waals surface area (Å²) in [6.45, 7) is 6.66. The molecule has 3 atom stereocenters. The van der Waals surface area contributed by atoms with Gasteiger partial charge < -0.3 is 16.0 Å². The summed E-state index contributed by atoms with van der Waals surface area (Å²) in [6, 6.07) is 1.85. The molecule has 3 unspecified atom stereocenters. The Morgan fingerprint density at radius 2 is 2.24 bits per heavy atom. The maximum atomic E-state index is 12.5. The standard InChI is InChI=1S/C17H25N5O2S/c1-9-7-12(5-6-18-9)20-15(23)11(3)19-16(24)14-8-13-10(2)21-22(4)17(13)25-14/h8-9,11-12,18H,5-7H2,1-4H3,(H,19,24)(H,20,23). The molecule has 8 heteroatoms. The van der Waals surface area contributed by atoms with E-state index < -0.39 is 6.04 Å². The van der Waals surface area contributed by atoms with Gasteiger partial charge in [-0.15, -0.1) is 11.3 Å². The van der Waals surface area contributed by atoms with Crippen LogP contribution in [0.3, 0.4) is 0 Å². The van der Waals surface area contributed by atoms with Gasteiger partial charge in [0.2, 0.25) is 5.91 Å². The largest absolute Gasteiger partial charge is 0.351 e. The Hall–Kier alpha value is -1.93. The van der Waals surface area contributed by atoms with E-state index in [2.05, 4.69) is 28.0 Å². The van der Waals surface area contributed by atoms with Crippen molar-refractivity contribution in [2.45, 2.75) is 51.7 Å². The van der Waals surface area contributed by atoms with Crippen LogP contribution in [-0.2, 0) is 11.8 Å². The summed E-state index contributed by atoms with van der Waals surface area (Å²) in [5.41, 5.74) is 0.901. The lowest BCUT2D eigenvalue weighted by Gasteiger charge is -2.29. The normalized spacial score (nSPS) is 21.9. The van der Waals surface area contributed by atoms with Crippen molar-refractivity contribution in [1.29, 1.82) is 0 Å². The van der Waals surface area contributed by atoms with E-state index in [1.807, 2.05) is 20.0 Å². The van der Waals surface area contributed by atoms with Crippen LogP contribution in [0.25, 0.3) is 10.2 Å². The number of carbonyl (C=O) groups is 2. The monoisotopic (exact) mass is 363 g/mol. The summed E-state index contributed by atoms with van der Waals surface area (Å²) in [7, 11) is 1.86. The molecule has 2 aromatic rings.